The average Bonchev–Trinajstić information content (AvgIpc) is 2.68. The van der Waals surface area contributed by atoms with Gasteiger partial charge in [0, 0.05) is 5.69 Å². The van der Waals surface area contributed by atoms with Crippen molar-refractivity contribution in [1.29, 1.82) is 0 Å². The molecule has 2 aromatic carbocycles. The lowest BCUT2D eigenvalue weighted by atomic mass is 10.2. The Kier molecular flexibility index (Phi) is 7.00. The van der Waals surface area contributed by atoms with Crippen LogP contribution in [0.15, 0.2) is 53.4 Å². The normalized spacial score (nSPS) is 12.0. The second kappa shape index (κ2) is 9.23. The molecule has 9 heteroatoms. The quantitative estimate of drug-likeness (QED) is 0.670. The molecule has 1 atom stereocenters. The van der Waals surface area contributed by atoms with Crippen LogP contribution in [0.25, 0.3) is 0 Å². The molecule has 1 N–H and O–H groups in total. The predicted molar refractivity (Wildman–Crippen MR) is 102 cm³/mol. The maximum atomic E-state index is 12.4. The number of hydrogen-bond acceptors (Lipinski definition) is 7. The van der Waals surface area contributed by atoms with Crippen molar-refractivity contribution in [3.8, 4) is 5.75 Å². The maximum Gasteiger partial charge on any atom is 0.346 e. The minimum absolute atomic E-state index is 0.0753. The van der Waals surface area contributed by atoms with Gasteiger partial charge in [0.1, 0.15) is 5.75 Å². The van der Waals surface area contributed by atoms with E-state index < -0.39 is 28.1 Å². The van der Waals surface area contributed by atoms with Gasteiger partial charge in [-0.15, -0.1) is 0 Å². The monoisotopic (exact) mass is 407 g/mol. The van der Waals surface area contributed by atoms with Crippen LogP contribution < -0.4 is 9.46 Å². The number of benzene rings is 2. The Bertz CT molecular complexity index is 922. The lowest BCUT2D eigenvalue weighted by molar-refractivity contribution is -0.149. The van der Waals surface area contributed by atoms with Gasteiger partial charge in [-0.1, -0.05) is 0 Å². The number of anilines is 1. The van der Waals surface area contributed by atoms with E-state index in [1.807, 2.05) is 6.92 Å². The number of hydrogen-bond donors (Lipinski definition) is 1. The fraction of sp³-hybridized carbons (Fsp3) is 0.263. The van der Waals surface area contributed by atoms with Gasteiger partial charge in [-0.25, -0.2) is 18.0 Å². The molecule has 0 saturated heterocycles. The molecule has 0 aliphatic rings. The fourth-order valence-electron chi connectivity index (χ4n) is 2.21. The molecule has 28 heavy (non-hydrogen) atoms. The molecule has 0 aliphatic heterocycles. The minimum Gasteiger partial charge on any atom is -0.494 e. The van der Waals surface area contributed by atoms with Gasteiger partial charge < -0.3 is 14.2 Å². The zero-order valence-corrected chi connectivity index (χ0v) is 16.5. The van der Waals surface area contributed by atoms with Gasteiger partial charge in [-0.3, -0.25) is 4.72 Å². The van der Waals surface area contributed by atoms with Crippen molar-refractivity contribution in [1.82, 2.24) is 0 Å². The molecular formula is C19H21NO7S. The average molecular weight is 407 g/mol. The number of carbonyl (C=O) groups is 2. The lowest BCUT2D eigenvalue weighted by Crippen LogP contribution is -2.25. The zero-order chi connectivity index (χ0) is 20.7. The van der Waals surface area contributed by atoms with Gasteiger partial charge in [0.05, 0.1) is 24.2 Å². The topological polar surface area (TPSA) is 108 Å². The molecule has 150 valence electrons. The summed E-state index contributed by atoms with van der Waals surface area (Å²) in [4.78, 5) is 23.4. The summed E-state index contributed by atoms with van der Waals surface area (Å²) < 4.78 is 42.1. The van der Waals surface area contributed by atoms with E-state index in [4.69, 9.17) is 9.47 Å². The van der Waals surface area contributed by atoms with Crippen LogP contribution in [0.1, 0.15) is 24.2 Å². The van der Waals surface area contributed by atoms with Crippen molar-refractivity contribution in [2.75, 3.05) is 18.4 Å². The molecule has 8 nitrogen and oxygen atoms in total. The van der Waals surface area contributed by atoms with Gasteiger partial charge in [0.25, 0.3) is 10.0 Å². The van der Waals surface area contributed by atoms with Crippen molar-refractivity contribution >= 4 is 27.6 Å². The summed E-state index contributed by atoms with van der Waals surface area (Å²) in [6.07, 6.45) is -1.05. The molecule has 0 heterocycles. The van der Waals surface area contributed by atoms with E-state index >= 15 is 0 Å². The molecule has 0 fully saturated rings. The summed E-state index contributed by atoms with van der Waals surface area (Å²) in [7, 11) is -2.60. The standard InChI is InChI=1S/C19H21NO7S/c1-4-26-16-9-11-17(12-10-16)28(23,24)20-15-7-5-14(6-8-15)19(22)27-13(2)18(21)25-3/h5-13,20H,4H2,1-3H3/t13-/m0/s1. The van der Waals surface area contributed by atoms with Crippen LogP contribution in [0.2, 0.25) is 0 Å². The summed E-state index contributed by atoms with van der Waals surface area (Å²) in [5.41, 5.74) is 0.436. The first-order chi connectivity index (χ1) is 13.3. The zero-order valence-electron chi connectivity index (χ0n) is 15.7. The molecule has 0 amide bonds. The highest BCUT2D eigenvalue weighted by atomic mass is 32.2. The second-order valence-electron chi connectivity index (χ2n) is 5.66. The SMILES string of the molecule is CCOc1ccc(S(=O)(=O)Nc2ccc(C(=O)O[C@@H](C)C(=O)OC)cc2)cc1. The fourth-order valence-corrected chi connectivity index (χ4v) is 3.27. The van der Waals surface area contributed by atoms with Crippen LogP contribution in [-0.2, 0) is 24.3 Å². The van der Waals surface area contributed by atoms with Gasteiger partial charge in [-0.05, 0) is 62.4 Å². The third kappa shape index (κ3) is 5.46. The second-order valence-corrected chi connectivity index (χ2v) is 7.34. The number of methoxy groups -OCH3 is 1. The Morgan fingerprint density at radius 2 is 1.64 bits per heavy atom. The highest BCUT2D eigenvalue weighted by Gasteiger charge is 2.20. The van der Waals surface area contributed by atoms with E-state index in [0.29, 0.717) is 12.4 Å². The molecule has 0 radical (unpaired) electrons. The van der Waals surface area contributed by atoms with Crippen LogP contribution in [0.3, 0.4) is 0 Å². The Morgan fingerprint density at radius 3 is 2.18 bits per heavy atom. The van der Waals surface area contributed by atoms with Crippen molar-refractivity contribution < 1.29 is 32.2 Å². The number of ether oxygens (including phenoxy) is 3. The molecule has 0 spiro atoms. The highest BCUT2D eigenvalue weighted by Crippen LogP contribution is 2.20. The van der Waals surface area contributed by atoms with Crippen molar-refractivity contribution in [3.63, 3.8) is 0 Å². The van der Waals surface area contributed by atoms with E-state index in [9.17, 15) is 18.0 Å². The first-order valence-electron chi connectivity index (χ1n) is 8.41. The predicted octanol–water partition coefficient (Wildman–Crippen LogP) is 2.60. The van der Waals surface area contributed by atoms with E-state index in [-0.39, 0.29) is 16.1 Å². The molecule has 0 aliphatic carbocycles. The smallest absolute Gasteiger partial charge is 0.346 e. The minimum atomic E-state index is -3.79. The van der Waals surface area contributed by atoms with Crippen LogP contribution in [0.4, 0.5) is 5.69 Å². The summed E-state index contributed by atoms with van der Waals surface area (Å²) in [6.45, 7) is 3.71. The number of esters is 2. The number of carbonyl (C=O) groups excluding carboxylic acids is 2. The molecular weight excluding hydrogens is 386 g/mol. The van der Waals surface area contributed by atoms with E-state index in [1.165, 1.54) is 50.4 Å². The molecule has 0 bridgehead atoms. The van der Waals surface area contributed by atoms with Crippen LogP contribution in [0.5, 0.6) is 5.75 Å². The van der Waals surface area contributed by atoms with Gasteiger partial charge in [-0.2, -0.15) is 0 Å². The Hall–Kier alpha value is -3.07. The van der Waals surface area contributed by atoms with Crippen molar-refractivity contribution in [3.05, 3.63) is 54.1 Å². The molecule has 0 unspecified atom stereocenters. The number of nitrogens with one attached hydrogen (secondary N) is 1. The number of rotatable bonds is 8. The third-order valence-electron chi connectivity index (χ3n) is 3.63. The number of sulfonamides is 1. The Labute approximate surface area is 163 Å². The van der Waals surface area contributed by atoms with E-state index in [2.05, 4.69) is 9.46 Å². The van der Waals surface area contributed by atoms with Crippen LogP contribution in [-0.4, -0.2) is 40.2 Å². The summed E-state index contributed by atoms with van der Waals surface area (Å²) in [5, 5.41) is 0. The Morgan fingerprint density at radius 1 is 1.04 bits per heavy atom. The van der Waals surface area contributed by atoms with Crippen molar-refractivity contribution in [2.45, 2.75) is 24.8 Å². The molecule has 0 saturated carbocycles. The van der Waals surface area contributed by atoms with Crippen molar-refractivity contribution in [2.24, 2.45) is 0 Å². The lowest BCUT2D eigenvalue weighted by Gasteiger charge is -2.12. The summed E-state index contributed by atoms with van der Waals surface area (Å²) in [5.74, 6) is -0.822. The first-order valence-corrected chi connectivity index (χ1v) is 9.89. The molecule has 0 aromatic heterocycles. The molecule has 2 aromatic rings. The summed E-state index contributed by atoms with van der Waals surface area (Å²) >= 11 is 0. The third-order valence-corrected chi connectivity index (χ3v) is 5.03. The van der Waals surface area contributed by atoms with Gasteiger partial charge in [0.2, 0.25) is 0 Å². The summed E-state index contributed by atoms with van der Waals surface area (Å²) in [6, 6.07) is 11.6. The van der Waals surface area contributed by atoms with E-state index in [1.54, 1.807) is 12.1 Å². The van der Waals surface area contributed by atoms with Gasteiger partial charge >= 0.3 is 11.9 Å². The largest absolute Gasteiger partial charge is 0.494 e. The van der Waals surface area contributed by atoms with Crippen LogP contribution >= 0.6 is 0 Å². The highest BCUT2D eigenvalue weighted by molar-refractivity contribution is 7.92. The maximum absolute atomic E-state index is 12.4. The first kappa shape index (κ1) is 21.2. The Balaban J connectivity index is 2.06. The molecule has 2 rings (SSSR count). The van der Waals surface area contributed by atoms with Crippen LogP contribution in [0, 0.1) is 0 Å². The van der Waals surface area contributed by atoms with E-state index in [0.717, 1.165) is 0 Å². The van der Waals surface area contributed by atoms with Gasteiger partial charge in [0.15, 0.2) is 6.10 Å².